The van der Waals surface area contributed by atoms with E-state index in [4.69, 9.17) is 4.74 Å². The Balaban J connectivity index is 3.00. The molecule has 0 saturated carbocycles. The lowest BCUT2D eigenvalue weighted by Crippen LogP contribution is -2.62. The number of morpholine rings is 1. The normalized spacial score (nSPS) is 27.6. The van der Waals surface area contributed by atoms with Crippen LogP contribution in [0.1, 0.15) is 169 Å². The summed E-state index contributed by atoms with van der Waals surface area (Å²) in [7, 11) is 10.3. The summed E-state index contributed by atoms with van der Waals surface area (Å²) < 4.78 is 5.56. The number of ketones is 3. The fraction of sp³-hybridized carbons (Fsp3) is 0.838. The maximum atomic E-state index is 15.4. The number of ether oxygens (including phenoxy) is 1. The van der Waals surface area contributed by atoms with Crippen LogP contribution in [0.5, 0.6) is 0 Å². The zero-order chi connectivity index (χ0) is 69.3. The molecule has 2 aliphatic heterocycles. The monoisotopic (exact) mass is 1270 g/mol. The van der Waals surface area contributed by atoms with Gasteiger partial charge in [-0.2, -0.15) is 0 Å². The van der Waals surface area contributed by atoms with Gasteiger partial charge < -0.3 is 49.5 Å². The molecule has 22 nitrogen and oxygen atoms in total. The standard InChI is InChI=1S/C68H121N9O13/c1-39(2)31-51-56(79)36-50(44(11)12)65(86)72(20)52(32-40(3)4)55(78)35-47(16)62(83)69-48(17)63(84)73(21)53(33-41(5)6)66(87)74(22)54(34-42(7)8)67(88)75(23)59(45(13)14)68(89)76(24)60(61(82)46(15)25-26-77-27-29-90-30-28-77)57(80)37-49(43(9)10)64(85)70(18)38-58(81)71(51)19/h39-54,59-61,82H,25-38H2,1-24H3,(H,69,83)/t46-,47+,48+,49-,50-,51+,52-,53-,54-,59-,60+,61-/m1/s1. The molecule has 0 spiro atoms. The Kier molecular flexibility index (Phi) is 33.0. The molecular weight excluding hydrogens is 1150 g/mol. The first-order valence-electron chi connectivity index (χ1n) is 33.3. The number of carbonyl (C=O) groups is 11. The maximum Gasteiger partial charge on any atom is 0.246 e. The van der Waals surface area contributed by atoms with E-state index in [2.05, 4.69) is 10.2 Å². The molecule has 2 heterocycles. The Morgan fingerprint density at radius 2 is 0.856 bits per heavy atom. The second-order valence-corrected chi connectivity index (χ2v) is 29.2. The van der Waals surface area contributed by atoms with Gasteiger partial charge in [0.2, 0.25) is 47.3 Å². The van der Waals surface area contributed by atoms with Crippen LogP contribution in [0.4, 0.5) is 0 Å². The summed E-state index contributed by atoms with van der Waals surface area (Å²) in [4.78, 5) is 174. The van der Waals surface area contributed by atoms with Gasteiger partial charge in [0.1, 0.15) is 30.2 Å². The average Bonchev–Trinajstić information content (AvgIpc) is 0.942. The molecule has 0 aromatic rings. The molecule has 2 rings (SSSR count). The zero-order valence-corrected chi connectivity index (χ0v) is 59.8. The van der Waals surface area contributed by atoms with Crippen LogP contribution in [0, 0.1) is 65.1 Å². The predicted molar refractivity (Wildman–Crippen MR) is 349 cm³/mol. The van der Waals surface area contributed by atoms with Crippen LogP contribution < -0.4 is 5.32 Å². The highest BCUT2D eigenvalue weighted by Gasteiger charge is 2.46. The van der Waals surface area contributed by atoms with E-state index in [-0.39, 0.29) is 79.7 Å². The Labute approximate surface area is 540 Å². The van der Waals surface area contributed by atoms with E-state index in [1.165, 1.54) is 90.6 Å². The molecule has 90 heavy (non-hydrogen) atoms. The summed E-state index contributed by atoms with van der Waals surface area (Å²) in [6, 6.07) is -8.15. The molecule has 0 radical (unpaired) electrons. The highest BCUT2D eigenvalue weighted by molar-refractivity contribution is 5.99. The summed E-state index contributed by atoms with van der Waals surface area (Å²) in [6.45, 7) is 33.3. The highest BCUT2D eigenvalue weighted by atomic mass is 16.5. The van der Waals surface area contributed by atoms with Crippen molar-refractivity contribution in [3.63, 3.8) is 0 Å². The third kappa shape index (κ3) is 22.7. The first-order valence-corrected chi connectivity index (χ1v) is 33.3. The van der Waals surface area contributed by atoms with Crippen molar-refractivity contribution in [2.75, 3.05) is 88.7 Å². The largest absolute Gasteiger partial charge is 0.390 e. The number of Topliss-reactive ketones (excluding diaryl/α,β-unsaturated/α-hetero) is 3. The van der Waals surface area contributed by atoms with Crippen molar-refractivity contribution in [3.8, 4) is 0 Å². The summed E-state index contributed by atoms with van der Waals surface area (Å²) in [6.07, 6.45) is -1.14. The number of hydrogen-bond donors (Lipinski definition) is 2. The number of aliphatic hydroxyl groups excluding tert-OH is 1. The summed E-state index contributed by atoms with van der Waals surface area (Å²) in [5.74, 6) is -11.3. The Morgan fingerprint density at radius 1 is 0.456 bits per heavy atom. The third-order valence-electron chi connectivity index (χ3n) is 18.6. The van der Waals surface area contributed by atoms with E-state index in [1.807, 2.05) is 69.2 Å². The second kappa shape index (κ2) is 36.8. The molecule has 2 fully saturated rings. The van der Waals surface area contributed by atoms with Crippen LogP contribution in [0.2, 0.25) is 0 Å². The number of likely N-dealkylation sites (N-methyl/N-ethyl adjacent to an activating group) is 7. The van der Waals surface area contributed by atoms with Crippen molar-refractivity contribution in [2.45, 2.75) is 217 Å². The number of aliphatic hydroxyl groups is 1. The molecule has 0 unspecified atom stereocenters. The van der Waals surface area contributed by atoms with Gasteiger partial charge in [-0.3, -0.25) is 57.6 Å². The van der Waals surface area contributed by atoms with Crippen LogP contribution in [0.15, 0.2) is 0 Å². The van der Waals surface area contributed by atoms with Crippen LogP contribution in [-0.4, -0.2) is 246 Å². The molecular formula is C68H121N9O13. The molecule has 2 N–H and O–H groups in total. The molecule has 516 valence electrons. The lowest BCUT2D eigenvalue weighted by molar-refractivity contribution is -0.157. The quantitative estimate of drug-likeness (QED) is 0.192. The number of amides is 8. The molecule has 0 aromatic heterocycles. The maximum absolute atomic E-state index is 15.4. The summed E-state index contributed by atoms with van der Waals surface area (Å²) in [5, 5.41) is 15.3. The van der Waals surface area contributed by atoms with Gasteiger partial charge in [-0.25, -0.2) is 0 Å². The fourth-order valence-electron chi connectivity index (χ4n) is 12.6. The van der Waals surface area contributed by atoms with Crippen LogP contribution >= 0.6 is 0 Å². The Bertz CT molecular complexity index is 2430. The molecule has 0 aromatic carbocycles. The molecule has 0 bridgehead atoms. The van der Waals surface area contributed by atoms with Gasteiger partial charge in [0.05, 0.1) is 37.9 Å². The molecule has 2 aliphatic rings. The number of carbonyl (C=O) groups excluding carboxylic acids is 11. The van der Waals surface area contributed by atoms with E-state index < -0.39 is 150 Å². The van der Waals surface area contributed by atoms with Gasteiger partial charge in [0.15, 0.2) is 17.3 Å². The van der Waals surface area contributed by atoms with Gasteiger partial charge in [-0.15, -0.1) is 0 Å². The third-order valence-corrected chi connectivity index (χ3v) is 18.6. The number of hydrogen-bond acceptors (Lipinski definition) is 14. The van der Waals surface area contributed by atoms with Gasteiger partial charge in [0.25, 0.3) is 0 Å². The Morgan fingerprint density at radius 3 is 1.32 bits per heavy atom. The minimum atomic E-state index is -1.51. The minimum Gasteiger partial charge on any atom is -0.390 e. The molecule has 0 aliphatic carbocycles. The van der Waals surface area contributed by atoms with Crippen molar-refractivity contribution in [3.05, 3.63) is 0 Å². The van der Waals surface area contributed by atoms with Crippen molar-refractivity contribution in [1.29, 1.82) is 0 Å². The van der Waals surface area contributed by atoms with E-state index in [9.17, 15) is 38.7 Å². The van der Waals surface area contributed by atoms with Crippen LogP contribution in [0.25, 0.3) is 0 Å². The van der Waals surface area contributed by atoms with Gasteiger partial charge in [-0.1, -0.05) is 111 Å². The first-order chi connectivity index (χ1) is 41.6. The number of nitrogens with zero attached hydrogens (tertiary/aromatic N) is 8. The lowest BCUT2D eigenvalue weighted by atomic mass is 9.83. The van der Waals surface area contributed by atoms with Crippen molar-refractivity contribution in [2.24, 2.45) is 65.1 Å². The van der Waals surface area contributed by atoms with Gasteiger partial charge >= 0.3 is 0 Å². The molecule has 12 atom stereocenters. The predicted octanol–water partition coefficient (Wildman–Crippen LogP) is 5.54. The summed E-state index contributed by atoms with van der Waals surface area (Å²) in [5.41, 5.74) is 0. The van der Waals surface area contributed by atoms with Gasteiger partial charge in [-0.05, 0) is 92.9 Å². The van der Waals surface area contributed by atoms with Crippen molar-refractivity contribution >= 4 is 64.6 Å². The van der Waals surface area contributed by atoms with E-state index in [0.717, 1.165) is 0 Å². The molecule has 22 heteroatoms. The Hall–Kier alpha value is -5.35. The molecule has 8 amide bonds. The number of rotatable bonds is 16. The topological polar surface area (TPSA) is 255 Å². The van der Waals surface area contributed by atoms with Crippen LogP contribution in [0.3, 0.4) is 0 Å². The van der Waals surface area contributed by atoms with E-state index in [1.54, 1.807) is 41.5 Å². The zero-order valence-electron chi connectivity index (χ0n) is 59.8. The SMILES string of the molecule is CC(C)C[C@@H]1C(=O)N(C)[C@H](CC(C)C)C(=O)N(C)[C@H](C(C)C)C(=O)N(C)[C@H]([C@H](O)[C@H](C)CCN2CCOCC2)C(=O)C[C@H](C(C)C)C(=O)N(C)CC(=O)N(C)[C@@H](CC(C)C)C(=O)C[C@H](C(C)C)C(=O)N(C)[C@H](CC(C)C)C(=O)C[C@H](C)C(=O)N[C@@H](C)C(=O)N1C. The second-order valence-electron chi connectivity index (χ2n) is 29.2. The number of nitrogens with one attached hydrogen (secondary N) is 1. The summed E-state index contributed by atoms with van der Waals surface area (Å²) >= 11 is 0. The smallest absolute Gasteiger partial charge is 0.246 e. The average molecular weight is 1270 g/mol. The molecule has 2 saturated heterocycles. The van der Waals surface area contributed by atoms with Crippen molar-refractivity contribution in [1.82, 2.24) is 44.5 Å². The first kappa shape index (κ1) is 80.7. The van der Waals surface area contributed by atoms with Crippen LogP contribution in [-0.2, 0) is 57.5 Å². The van der Waals surface area contributed by atoms with Gasteiger partial charge in [0, 0.05) is 99.4 Å². The van der Waals surface area contributed by atoms with Crippen molar-refractivity contribution < 1.29 is 62.6 Å². The lowest BCUT2D eigenvalue weighted by Gasteiger charge is -2.42. The van der Waals surface area contributed by atoms with E-state index in [0.29, 0.717) is 39.3 Å². The fourth-order valence-corrected chi connectivity index (χ4v) is 12.6. The minimum absolute atomic E-state index is 0.0686. The highest BCUT2D eigenvalue weighted by Crippen LogP contribution is 2.30. The van der Waals surface area contributed by atoms with E-state index >= 15 is 19.2 Å².